The molecule has 0 aliphatic carbocycles. The summed E-state index contributed by atoms with van der Waals surface area (Å²) in [5.41, 5.74) is 3.16. The second-order valence-corrected chi connectivity index (χ2v) is 8.36. The van der Waals surface area contributed by atoms with Crippen molar-refractivity contribution < 1.29 is 13.2 Å². The Kier molecular flexibility index (Phi) is 5.70. The summed E-state index contributed by atoms with van der Waals surface area (Å²) in [4.78, 5) is 13.7. The van der Waals surface area contributed by atoms with Gasteiger partial charge in [-0.25, -0.2) is 8.42 Å². The summed E-state index contributed by atoms with van der Waals surface area (Å²) >= 11 is 0. The number of fused-ring (bicyclic) bond motifs is 1. The van der Waals surface area contributed by atoms with E-state index in [-0.39, 0.29) is 10.8 Å². The molecule has 6 nitrogen and oxygen atoms in total. The van der Waals surface area contributed by atoms with E-state index in [4.69, 9.17) is 0 Å². The SMILES string of the molecule is CCCNc1ccc(NS(=O)(=O)c2ccc3c(c2)CCCN3C(C)=O)cc1. The van der Waals surface area contributed by atoms with Gasteiger partial charge in [0.15, 0.2) is 0 Å². The number of benzene rings is 2. The third-order valence-corrected chi connectivity index (χ3v) is 5.96. The fourth-order valence-electron chi connectivity index (χ4n) is 3.21. The van der Waals surface area contributed by atoms with E-state index in [2.05, 4.69) is 17.0 Å². The molecule has 2 N–H and O–H groups in total. The van der Waals surface area contributed by atoms with Crippen molar-refractivity contribution in [3.63, 3.8) is 0 Å². The summed E-state index contributed by atoms with van der Waals surface area (Å²) in [6.45, 7) is 5.16. The topological polar surface area (TPSA) is 78.5 Å². The zero-order valence-corrected chi connectivity index (χ0v) is 16.5. The fraction of sp³-hybridized carbons (Fsp3) is 0.350. The number of amides is 1. The van der Waals surface area contributed by atoms with Crippen molar-refractivity contribution in [2.45, 2.75) is 38.0 Å². The monoisotopic (exact) mass is 387 g/mol. The molecule has 0 unspecified atom stereocenters. The molecule has 1 aliphatic rings. The van der Waals surface area contributed by atoms with Crippen LogP contribution in [0.3, 0.4) is 0 Å². The molecule has 0 aromatic heterocycles. The van der Waals surface area contributed by atoms with Gasteiger partial charge in [-0.3, -0.25) is 9.52 Å². The average molecular weight is 388 g/mol. The summed E-state index contributed by atoms with van der Waals surface area (Å²) < 4.78 is 28.1. The number of aryl methyl sites for hydroxylation is 1. The Bertz CT molecular complexity index is 924. The molecular weight excluding hydrogens is 362 g/mol. The lowest BCUT2D eigenvalue weighted by Crippen LogP contribution is -2.33. The minimum absolute atomic E-state index is 0.0264. The Hall–Kier alpha value is -2.54. The average Bonchev–Trinajstić information content (AvgIpc) is 2.66. The first-order chi connectivity index (χ1) is 12.9. The Morgan fingerprint density at radius 3 is 2.48 bits per heavy atom. The number of carbonyl (C=O) groups is 1. The number of nitrogens with zero attached hydrogens (tertiary/aromatic N) is 1. The lowest BCUT2D eigenvalue weighted by Gasteiger charge is -2.28. The van der Waals surface area contributed by atoms with Gasteiger partial charge in [-0.1, -0.05) is 6.92 Å². The minimum atomic E-state index is -3.69. The van der Waals surface area contributed by atoms with Gasteiger partial charge >= 0.3 is 0 Å². The summed E-state index contributed by atoms with van der Waals surface area (Å²) in [6, 6.07) is 12.1. The predicted octanol–water partition coefficient (Wildman–Crippen LogP) is 3.61. The van der Waals surface area contributed by atoms with Gasteiger partial charge in [-0.05, 0) is 67.3 Å². The van der Waals surface area contributed by atoms with Crippen LogP contribution in [0.2, 0.25) is 0 Å². The highest BCUT2D eigenvalue weighted by Crippen LogP contribution is 2.30. The van der Waals surface area contributed by atoms with Crippen LogP contribution >= 0.6 is 0 Å². The van der Waals surface area contributed by atoms with Crippen LogP contribution in [0.5, 0.6) is 0 Å². The summed E-state index contributed by atoms with van der Waals surface area (Å²) in [7, 11) is -3.69. The normalized spacial score (nSPS) is 13.8. The van der Waals surface area contributed by atoms with Crippen molar-refractivity contribution in [2.24, 2.45) is 0 Å². The molecule has 2 aromatic rings. The standard InChI is InChI=1S/C20H25N3O3S/c1-3-12-21-17-6-8-18(9-7-17)22-27(25,26)19-10-11-20-16(14-19)5-4-13-23(20)15(2)24/h6-11,14,21-22H,3-5,12-13H2,1-2H3. The number of nitrogens with one attached hydrogen (secondary N) is 2. The number of anilines is 3. The molecule has 1 heterocycles. The third-order valence-electron chi connectivity index (χ3n) is 4.58. The van der Waals surface area contributed by atoms with Crippen LogP contribution in [0.15, 0.2) is 47.4 Å². The molecule has 2 aromatic carbocycles. The van der Waals surface area contributed by atoms with Gasteiger partial charge in [0.2, 0.25) is 5.91 Å². The van der Waals surface area contributed by atoms with Gasteiger partial charge in [-0.2, -0.15) is 0 Å². The van der Waals surface area contributed by atoms with Crippen molar-refractivity contribution in [1.29, 1.82) is 0 Å². The van der Waals surface area contributed by atoms with Gasteiger partial charge in [0.05, 0.1) is 4.90 Å². The lowest BCUT2D eigenvalue weighted by atomic mass is 10.0. The van der Waals surface area contributed by atoms with Crippen LogP contribution in [-0.2, 0) is 21.2 Å². The van der Waals surface area contributed by atoms with Crippen molar-refractivity contribution >= 4 is 33.0 Å². The maximum Gasteiger partial charge on any atom is 0.261 e. The van der Waals surface area contributed by atoms with Crippen LogP contribution in [0.1, 0.15) is 32.3 Å². The van der Waals surface area contributed by atoms with E-state index in [9.17, 15) is 13.2 Å². The maximum absolute atomic E-state index is 12.8. The minimum Gasteiger partial charge on any atom is -0.385 e. The first-order valence-corrected chi connectivity index (χ1v) is 10.7. The Morgan fingerprint density at radius 1 is 1.11 bits per heavy atom. The maximum atomic E-state index is 12.8. The molecule has 0 radical (unpaired) electrons. The molecular formula is C20H25N3O3S. The Labute approximate surface area is 160 Å². The quantitative estimate of drug-likeness (QED) is 0.794. The molecule has 27 heavy (non-hydrogen) atoms. The first kappa shape index (κ1) is 19.2. The smallest absolute Gasteiger partial charge is 0.261 e. The van der Waals surface area contributed by atoms with Gasteiger partial charge in [0.1, 0.15) is 0 Å². The highest BCUT2D eigenvalue weighted by atomic mass is 32.2. The van der Waals surface area contributed by atoms with Crippen LogP contribution in [0.4, 0.5) is 17.1 Å². The molecule has 0 atom stereocenters. The molecule has 0 saturated carbocycles. The zero-order valence-electron chi connectivity index (χ0n) is 15.7. The molecule has 1 aliphatic heterocycles. The fourth-order valence-corrected chi connectivity index (χ4v) is 4.32. The molecule has 3 rings (SSSR count). The molecule has 7 heteroatoms. The second-order valence-electron chi connectivity index (χ2n) is 6.67. The molecule has 1 amide bonds. The number of carbonyl (C=O) groups excluding carboxylic acids is 1. The molecule has 0 saturated heterocycles. The Balaban J connectivity index is 1.80. The highest BCUT2D eigenvalue weighted by Gasteiger charge is 2.23. The van der Waals surface area contributed by atoms with Crippen molar-refractivity contribution in [1.82, 2.24) is 0 Å². The summed E-state index contributed by atoms with van der Waals surface area (Å²) in [6.07, 6.45) is 2.61. The van der Waals surface area contributed by atoms with Gasteiger partial charge in [0, 0.05) is 37.1 Å². The van der Waals surface area contributed by atoms with E-state index in [1.807, 2.05) is 12.1 Å². The van der Waals surface area contributed by atoms with E-state index >= 15 is 0 Å². The van der Waals surface area contributed by atoms with Crippen molar-refractivity contribution in [3.05, 3.63) is 48.0 Å². The molecule has 0 bridgehead atoms. The van der Waals surface area contributed by atoms with Crippen LogP contribution in [0, 0.1) is 0 Å². The number of hydrogen-bond acceptors (Lipinski definition) is 4. The molecule has 0 fully saturated rings. The van der Waals surface area contributed by atoms with E-state index < -0.39 is 10.0 Å². The van der Waals surface area contributed by atoms with E-state index in [1.54, 1.807) is 35.2 Å². The summed E-state index contributed by atoms with van der Waals surface area (Å²) in [5, 5.41) is 3.25. The molecule has 0 spiro atoms. The van der Waals surface area contributed by atoms with E-state index in [0.29, 0.717) is 12.2 Å². The van der Waals surface area contributed by atoms with Crippen LogP contribution < -0.4 is 14.9 Å². The van der Waals surface area contributed by atoms with E-state index in [0.717, 1.165) is 42.7 Å². The lowest BCUT2D eigenvalue weighted by molar-refractivity contribution is -0.116. The van der Waals surface area contributed by atoms with Crippen molar-refractivity contribution in [3.8, 4) is 0 Å². The van der Waals surface area contributed by atoms with Gasteiger partial charge in [0.25, 0.3) is 10.0 Å². The number of sulfonamides is 1. The zero-order chi connectivity index (χ0) is 19.4. The summed E-state index contributed by atoms with van der Waals surface area (Å²) in [5.74, 6) is -0.0264. The van der Waals surface area contributed by atoms with Crippen LogP contribution in [0.25, 0.3) is 0 Å². The molecule has 144 valence electrons. The number of rotatable bonds is 6. The van der Waals surface area contributed by atoms with Gasteiger partial charge < -0.3 is 10.2 Å². The Morgan fingerprint density at radius 2 is 1.81 bits per heavy atom. The first-order valence-electron chi connectivity index (χ1n) is 9.18. The van der Waals surface area contributed by atoms with Crippen molar-refractivity contribution in [2.75, 3.05) is 28.0 Å². The van der Waals surface area contributed by atoms with E-state index in [1.165, 1.54) is 6.92 Å². The predicted molar refractivity (Wildman–Crippen MR) is 109 cm³/mol. The third kappa shape index (κ3) is 4.42. The largest absolute Gasteiger partial charge is 0.385 e. The van der Waals surface area contributed by atoms with Crippen LogP contribution in [-0.4, -0.2) is 27.4 Å². The van der Waals surface area contributed by atoms with Gasteiger partial charge in [-0.15, -0.1) is 0 Å². The second kappa shape index (κ2) is 8.00. The highest BCUT2D eigenvalue weighted by molar-refractivity contribution is 7.92. The number of hydrogen-bond donors (Lipinski definition) is 2.